The van der Waals surface area contributed by atoms with Crippen LogP contribution in [0.5, 0.6) is 0 Å². The molecule has 3 rings (SSSR count). The van der Waals surface area contributed by atoms with Crippen LogP contribution < -0.4 is 5.32 Å². The third kappa shape index (κ3) is 2.15. The lowest BCUT2D eigenvalue weighted by atomic mass is 10.4. The predicted octanol–water partition coefficient (Wildman–Crippen LogP) is 2.48. The summed E-state index contributed by atoms with van der Waals surface area (Å²) in [4.78, 5) is 8.03. The molecule has 3 aromatic heterocycles. The van der Waals surface area contributed by atoms with E-state index in [0.29, 0.717) is 6.54 Å². The fraction of sp³-hybridized carbons (Fsp3) is 0.0769. The summed E-state index contributed by atoms with van der Waals surface area (Å²) in [6.07, 6.45) is 5.37. The van der Waals surface area contributed by atoms with Gasteiger partial charge in [-0.05, 0) is 24.3 Å². The van der Waals surface area contributed by atoms with Gasteiger partial charge in [0.2, 0.25) is 5.95 Å². The van der Waals surface area contributed by atoms with Crippen molar-refractivity contribution in [2.45, 2.75) is 6.54 Å². The van der Waals surface area contributed by atoms with Crippen LogP contribution in [-0.2, 0) is 6.54 Å². The average molecular weight is 242 g/mol. The van der Waals surface area contributed by atoms with Gasteiger partial charge in [0.1, 0.15) is 5.65 Å². The number of hydrogen-bond acceptors (Lipinski definition) is 3. The molecule has 18 heavy (non-hydrogen) atoms. The maximum atomic E-state index is 12.6. The van der Waals surface area contributed by atoms with E-state index in [1.165, 1.54) is 12.3 Å². The van der Waals surface area contributed by atoms with Crippen LogP contribution in [0.2, 0.25) is 0 Å². The van der Waals surface area contributed by atoms with E-state index >= 15 is 0 Å². The van der Waals surface area contributed by atoms with Crippen molar-refractivity contribution >= 4 is 11.3 Å². The first-order valence-electron chi connectivity index (χ1n) is 5.59. The van der Waals surface area contributed by atoms with Crippen LogP contribution in [0.4, 0.5) is 10.1 Å². The van der Waals surface area contributed by atoms with Crippen molar-refractivity contribution in [2.75, 3.05) is 5.32 Å². The first kappa shape index (κ1) is 10.7. The summed E-state index contributed by atoms with van der Waals surface area (Å²) in [5.74, 6) is -0.478. The molecule has 0 radical (unpaired) electrons. The summed E-state index contributed by atoms with van der Waals surface area (Å²) < 4.78 is 14.6. The van der Waals surface area contributed by atoms with E-state index in [-0.39, 0.29) is 0 Å². The van der Waals surface area contributed by atoms with Crippen LogP contribution in [0, 0.1) is 5.95 Å². The Labute approximate surface area is 103 Å². The van der Waals surface area contributed by atoms with Crippen LogP contribution in [0.3, 0.4) is 0 Å². The summed E-state index contributed by atoms with van der Waals surface area (Å²) in [7, 11) is 0. The molecule has 3 heterocycles. The van der Waals surface area contributed by atoms with Gasteiger partial charge < -0.3 is 9.72 Å². The van der Waals surface area contributed by atoms with Crippen molar-refractivity contribution in [3.05, 3.63) is 60.6 Å². The van der Waals surface area contributed by atoms with Crippen molar-refractivity contribution in [1.29, 1.82) is 0 Å². The van der Waals surface area contributed by atoms with Crippen LogP contribution in [0.1, 0.15) is 5.69 Å². The Kier molecular flexibility index (Phi) is 2.64. The Hall–Kier alpha value is -2.43. The minimum Gasteiger partial charge on any atom is -0.378 e. The van der Waals surface area contributed by atoms with Gasteiger partial charge in [0, 0.05) is 12.4 Å². The Morgan fingerprint density at radius 3 is 2.94 bits per heavy atom. The Morgan fingerprint density at radius 1 is 1.22 bits per heavy atom. The molecule has 1 N–H and O–H groups in total. The van der Waals surface area contributed by atoms with Gasteiger partial charge in [-0.1, -0.05) is 6.07 Å². The lowest BCUT2D eigenvalue weighted by molar-refractivity contribution is 0.584. The molecule has 4 nitrogen and oxygen atoms in total. The highest BCUT2D eigenvalue weighted by atomic mass is 19.1. The third-order valence-corrected chi connectivity index (χ3v) is 2.61. The normalized spacial score (nSPS) is 10.7. The molecule has 0 spiro atoms. The van der Waals surface area contributed by atoms with Gasteiger partial charge in [-0.25, -0.2) is 9.97 Å². The highest BCUT2D eigenvalue weighted by molar-refractivity contribution is 5.43. The standard InChI is InChI=1S/C13H11FN4/c14-12-5-4-10(7-16-12)15-8-11-9-18-6-2-1-3-13(18)17-11/h1-7,9,15H,8H2. The molecular weight excluding hydrogens is 231 g/mol. The van der Waals surface area contributed by atoms with E-state index in [0.717, 1.165) is 17.0 Å². The van der Waals surface area contributed by atoms with Crippen molar-refractivity contribution < 1.29 is 4.39 Å². The minimum atomic E-state index is -0.478. The van der Waals surface area contributed by atoms with Crippen molar-refractivity contribution in [3.63, 3.8) is 0 Å². The molecule has 0 aromatic carbocycles. The maximum absolute atomic E-state index is 12.6. The van der Waals surface area contributed by atoms with Gasteiger partial charge >= 0.3 is 0 Å². The first-order chi connectivity index (χ1) is 8.81. The molecule has 5 heteroatoms. The Bertz CT molecular complexity index is 627. The van der Waals surface area contributed by atoms with E-state index in [1.807, 2.05) is 35.0 Å². The molecule has 3 aromatic rings. The highest BCUT2D eigenvalue weighted by Gasteiger charge is 2.01. The second kappa shape index (κ2) is 4.44. The van der Waals surface area contributed by atoms with Gasteiger partial charge in [-0.3, -0.25) is 0 Å². The fourth-order valence-corrected chi connectivity index (χ4v) is 1.75. The Balaban J connectivity index is 1.74. The fourth-order valence-electron chi connectivity index (χ4n) is 1.75. The van der Waals surface area contributed by atoms with E-state index in [1.54, 1.807) is 6.07 Å². The number of fused-ring (bicyclic) bond motifs is 1. The molecule has 0 aliphatic heterocycles. The van der Waals surface area contributed by atoms with Crippen LogP contribution in [0.25, 0.3) is 5.65 Å². The summed E-state index contributed by atoms with van der Waals surface area (Å²) in [5, 5.41) is 3.14. The number of halogens is 1. The zero-order chi connectivity index (χ0) is 12.4. The van der Waals surface area contributed by atoms with Crippen LogP contribution in [-0.4, -0.2) is 14.4 Å². The molecular formula is C13H11FN4. The van der Waals surface area contributed by atoms with E-state index in [9.17, 15) is 4.39 Å². The first-order valence-corrected chi connectivity index (χ1v) is 5.59. The van der Waals surface area contributed by atoms with Crippen molar-refractivity contribution in [1.82, 2.24) is 14.4 Å². The number of rotatable bonds is 3. The number of nitrogens with one attached hydrogen (secondary N) is 1. The molecule has 0 atom stereocenters. The highest BCUT2D eigenvalue weighted by Crippen LogP contribution is 2.09. The largest absolute Gasteiger partial charge is 0.378 e. The van der Waals surface area contributed by atoms with E-state index in [4.69, 9.17) is 0 Å². The molecule has 0 saturated carbocycles. The summed E-state index contributed by atoms with van der Waals surface area (Å²) in [6, 6.07) is 8.83. The minimum absolute atomic E-state index is 0.478. The van der Waals surface area contributed by atoms with Gasteiger partial charge in [0.05, 0.1) is 24.1 Å². The number of anilines is 1. The number of imidazole rings is 1. The molecule has 0 unspecified atom stereocenters. The third-order valence-electron chi connectivity index (χ3n) is 2.61. The average Bonchev–Trinajstić information content (AvgIpc) is 2.81. The molecule has 0 saturated heterocycles. The van der Waals surface area contributed by atoms with Crippen molar-refractivity contribution in [3.8, 4) is 0 Å². The topological polar surface area (TPSA) is 42.2 Å². The lowest BCUT2D eigenvalue weighted by Crippen LogP contribution is -2.00. The van der Waals surface area contributed by atoms with Gasteiger partial charge in [-0.2, -0.15) is 4.39 Å². The zero-order valence-electron chi connectivity index (χ0n) is 9.55. The number of pyridine rings is 2. The van der Waals surface area contributed by atoms with Gasteiger partial charge in [0.15, 0.2) is 0 Å². The molecule has 0 amide bonds. The number of nitrogens with zero attached hydrogens (tertiary/aromatic N) is 3. The summed E-state index contributed by atoms with van der Waals surface area (Å²) in [6.45, 7) is 0.578. The summed E-state index contributed by atoms with van der Waals surface area (Å²) in [5.41, 5.74) is 2.60. The molecule has 0 aliphatic carbocycles. The lowest BCUT2D eigenvalue weighted by Gasteiger charge is -2.02. The smallest absolute Gasteiger partial charge is 0.212 e. The van der Waals surface area contributed by atoms with Gasteiger partial charge in [-0.15, -0.1) is 0 Å². The summed E-state index contributed by atoms with van der Waals surface area (Å²) >= 11 is 0. The number of aromatic nitrogens is 3. The molecule has 0 fully saturated rings. The molecule has 0 aliphatic rings. The molecule has 90 valence electrons. The van der Waals surface area contributed by atoms with E-state index < -0.39 is 5.95 Å². The quantitative estimate of drug-likeness (QED) is 0.717. The van der Waals surface area contributed by atoms with Crippen molar-refractivity contribution in [2.24, 2.45) is 0 Å². The van der Waals surface area contributed by atoms with E-state index in [2.05, 4.69) is 15.3 Å². The van der Waals surface area contributed by atoms with Crippen LogP contribution >= 0.6 is 0 Å². The second-order valence-electron chi connectivity index (χ2n) is 3.92. The second-order valence-corrected chi connectivity index (χ2v) is 3.92. The van der Waals surface area contributed by atoms with Gasteiger partial charge in [0.25, 0.3) is 0 Å². The monoisotopic (exact) mass is 242 g/mol. The Morgan fingerprint density at radius 2 is 2.17 bits per heavy atom. The predicted molar refractivity (Wildman–Crippen MR) is 66.7 cm³/mol. The van der Waals surface area contributed by atoms with Crippen LogP contribution in [0.15, 0.2) is 48.9 Å². The molecule has 0 bridgehead atoms. The SMILES string of the molecule is Fc1ccc(NCc2cn3ccccc3n2)cn1. The zero-order valence-corrected chi connectivity index (χ0v) is 9.55. The maximum Gasteiger partial charge on any atom is 0.212 e. The number of hydrogen-bond donors (Lipinski definition) is 1.